The Bertz CT molecular complexity index is 1080. The van der Waals surface area contributed by atoms with Gasteiger partial charge in [-0.2, -0.15) is 22.7 Å². The van der Waals surface area contributed by atoms with Crippen LogP contribution in [0.4, 0.5) is 18.9 Å². The summed E-state index contributed by atoms with van der Waals surface area (Å²) in [4.78, 5) is 0.592. The number of aromatic nitrogens is 2. The highest BCUT2D eigenvalue weighted by Crippen LogP contribution is 2.36. The average molecular weight is 414 g/mol. The van der Waals surface area contributed by atoms with E-state index in [1.165, 1.54) is 6.07 Å². The van der Waals surface area contributed by atoms with Gasteiger partial charge in [0, 0.05) is 5.56 Å². The van der Waals surface area contributed by atoms with Crippen LogP contribution in [0.3, 0.4) is 0 Å². The lowest BCUT2D eigenvalue weighted by atomic mass is 10.1. The fourth-order valence-corrected chi connectivity index (χ4v) is 4.35. The van der Waals surface area contributed by atoms with Gasteiger partial charge in [0.2, 0.25) is 0 Å². The molecule has 0 aliphatic carbocycles. The van der Waals surface area contributed by atoms with Crippen molar-refractivity contribution in [1.82, 2.24) is 10.2 Å². The molecule has 1 aliphatic heterocycles. The van der Waals surface area contributed by atoms with Crippen molar-refractivity contribution in [2.45, 2.75) is 17.5 Å². The first-order chi connectivity index (χ1) is 13.9. The van der Waals surface area contributed by atoms with Crippen LogP contribution < -0.4 is 4.31 Å². The lowest BCUT2D eigenvalue weighted by Crippen LogP contribution is -2.29. The van der Waals surface area contributed by atoms with Crippen molar-refractivity contribution >= 4 is 17.0 Å². The number of nitrogens with zero attached hydrogens (tertiary/aromatic N) is 4. The van der Waals surface area contributed by atoms with Crippen LogP contribution in [0.25, 0.3) is 11.3 Å². The van der Waals surface area contributed by atoms with E-state index in [4.69, 9.17) is 5.26 Å². The zero-order valence-electron chi connectivity index (χ0n) is 14.8. The first-order valence-corrected chi connectivity index (χ1v) is 9.71. The van der Waals surface area contributed by atoms with E-state index in [-0.39, 0.29) is 0 Å². The second kappa shape index (κ2) is 7.39. The van der Waals surface area contributed by atoms with Gasteiger partial charge in [0.15, 0.2) is 10.6 Å². The number of hydrogen-bond donors (Lipinski definition) is 0. The average Bonchev–Trinajstić information content (AvgIpc) is 3.16. The molecule has 1 aromatic heterocycles. The molecule has 0 saturated heterocycles. The molecule has 0 bridgehead atoms. The molecular weight excluding hydrogens is 401 g/mol. The summed E-state index contributed by atoms with van der Waals surface area (Å²) in [5.74, 6) is 0. The predicted octanol–water partition coefficient (Wildman–Crippen LogP) is 4.12. The van der Waals surface area contributed by atoms with Gasteiger partial charge in [-0.25, -0.2) is 0 Å². The number of benzene rings is 2. The highest BCUT2D eigenvalue weighted by molar-refractivity contribution is 7.92. The third-order valence-corrected chi connectivity index (χ3v) is 6.02. The van der Waals surface area contributed by atoms with Crippen LogP contribution in [-0.2, 0) is 24.0 Å². The summed E-state index contributed by atoms with van der Waals surface area (Å²) in [5, 5.41) is 15.8. The van der Waals surface area contributed by atoms with Crippen molar-refractivity contribution in [3.05, 3.63) is 71.4 Å². The summed E-state index contributed by atoms with van der Waals surface area (Å²) in [6, 6.07) is 16.1. The summed E-state index contributed by atoms with van der Waals surface area (Å²) < 4.78 is 52.6. The molecule has 2 aromatic carbocycles. The number of hydrogen-bond acceptors (Lipinski definition) is 5. The van der Waals surface area contributed by atoms with Gasteiger partial charge >= 0.3 is 6.18 Å². The fourth-order valence-electron chi connectivity index (χ4n) is 3.11. The minimum absolute atomic E-state index is 0.340. The van der Waals surface area contributed by atoms with Crippen molar-refractivity contribution in [2.24, 2.45) is 0 Å². The van der Waals surface area contributed by atoms with Crippen LogP contribution in [0.2, 0.25) is 0 Å². The van der Waals surface area contributed by atoms with E-state index in [1.54, 1.807) is 40.7 Å². The van der Waals surface area contributed by atoms with Crippen LogP contribution in [-0.4, -0.2) is 21.3 Å². The molecule has 1 atom stereocenters. The Kier molecular flexibility index (Phi) is 4.90. The van der Waals surface area contributed by atoms with Crippen molar-refractivity contribution in [3.8, 4) is 17.3 Å². The molecule has 2 heterocycles. The molecule has 0 saturated carbocycles. The van der Waals surface area contributed by atoms with Gasteiger partial charge < -0.3 is 4.55 Å². The van der Waals surface area contributed by atoms with Gasteiger partial charge in [-0.1, -0.05) is 6.07 Å². The van der Waals surface area contributed by atoms with Crippen molar-refractivity contribution in [3.63, 3.8) is 0 Å². The Morgan fingerprint density at radius 2 is 1.79 bits per heavy atom. The van der Waals surface area contributed by atoms with Crippen LogP contribution in [0.5, 0.6) is 0 Å². The zero-order valence-corrected chi connectivity index (χ0v) is 15.7. The number of fused-ring (bicyclic) bond motifs is 1. The van der Waals surface area contributed by atoms with Crippen LogP contribution in [0.1, 0.15) is 16.8 Å². The predicted molar refractivity (Wildman–Crippen MR) is 101 cm³/mol. The normalized spacial score (nSPS) is 14.4. The number of halogens is 3. The van der Waals surface area contributed by atoms with E-state index in [0.717, 1.165) is 17.3 Å². The van der Waals surface area contributed by atoms with E-state index < -0.39 is 23.2 Å². The second-order valence-electron chi connectivity index (χ2n) is 6.38. The zero-order chi connectivity index (χ0) is 20.6. The smallest absolute Gasteiger partial charge is 0.435 e. The van der Waals surface area contributed by atoms with Crippen LogP contribution in [0.15, 0.2) is 59.5 Å². The van der Waals surface area contributed by atoms with E-state index >= 15 is 0 Å². The maximum atomic E-state index is 12.9. The maximum absolute atomic E-state index is 12.9. The third kappa shape index (κ3) is 3.77. The van der Waals surface area contributed by atoms with Gasteiger partial charge in [-0.3, -0.25) is 0 Å². The van der Waals surface area contributed by atoms with Gasteiger partial charge in [-0.15, -0.1) is 10.2 Å². The second-order valence-corrected chi connectivity index (χ2v) is 7.79. The van der Waals surface area contributed by atoms with E-state index in [2.05, 4.69) is 10.2 Å². The number of nitriles is 1. The molecular formula is C20H13F3N4OS. The minimum Gasteiger partial charge on any atom is -0.588 e. The Morgan fingerprint density at radius 3 is 2.41 bits per heavy atom. The lowest BCUT2D eigenvalue weighted by molar-refractivity contribution is -0.141. The molecule has 0 amide bonds. The maximum Gasteiger partial charge on any atom is 0.435 e. The highest BCUT2D eigenvalue weighted by Gasteiger charge is 2.33. The van der Waals surface area contributed by atoms with Gasteiger partial charge in [0.25, 0.3) is 0 Å². The molecule has 0 spiro atoms. The summed E-state index contributed by atoms with van der Waals surface area (Å²) in [6.45, 7) is 0.546. The highest BCUT2D eigenvalue weighted by atomic mass is 32.2. The number of alkyl halides is 3. The summed E-state index contributed by atoms with van der Waals surface area (Å²) in [6.07, 6.45) is -3.88. The van der Waals surface area contributed by atoms with E-state index in [0.29, 0.717) is 34.7 Å². The number of anilines is 1. The fraction of sp³-hybridized carbons (Fsp3) is 0.150. The van der Waals surface area contributed by atoms with E-state index in [9.17, 15) is 17.7 Å². The number of rotatable bonds is 3. The molecule has 5 nitrogen and oxygen atoms in total. The first-order valence-electron chi connectivity index (χ1n) is 8.60. The molecule has 0 radical (unpaired) electrons. The Labute approximate surface area is 167 Å². The Hall–Kier alpha value is -3.09. The molecule has 3 aromatic rings. The third-order valence-electron chi connectivity index (χ3n) is 4.57. The molecule has 1 aliphatic rings. The van der Waals surface area contributed by atoms with Crippen molar-refractivity contribution < 1.29 is 17.7 Å². The molecule has 4 rings (SSSR count). The van der Waals surface area contributed by atoms with Crippen LogP contribution >= 0.6 is 0 Å². The minimum atomic E-state index is -4.53. The summed E-state index contributed by atoms with van der Waals surface area (Å²) >= 11 is -1.42. The van der Waals surface area contributed by atoms with Crippen molar-refractivity contribution in [2.75, 3.05) is 10.8 Å². The SMILES string of the molecule is N#Cc1ccc([S+]([O-])N2CCc3cc(-c4ccc(C(F)(F)F)nn4)ccc32)cc1. The van der Waals surface area contributed by atoms with Crippen LogP contribution in [0, 0.1) is 11.3 Å². The molecule has 146 valence electrons. The topological polar surface area (TPSA) is 75.9 Å². The first kappa shape index (κ1) is 19.2. The molecule has 0 N–H and O–H groups in total. The molecule has 1 unspecified atom stereocenters. The quantitative estimate of drug-likeness (QED) is 0.603. The molecule has 29 heavy (non-hydrogen) atoms. The standard InChI is InChI=1S/C20H13F3N4OS/c21-20(22,23)19-8-6-17(25-26-19)14-3-7-18-15(11-14)9-10-27(18)29(28)16-4-1-13(12-24)2-5-16/h1-8,11H,9-10H2. The summed E-state index contributed by atoms with van der Waals surface area (Å²) in [5.41, 5.74) is 2.19. The largest absolute Gasteiger partial charge is 0.588 e. The van der Waals surface area contributed by atoms with Gasteiger partial charge in [0.05, 0.1) is 29.6 Å². The molecule has 9 heteroatoms. The van der Waals surface area contributed by atoms with E-state index in [1.807, 2.05) is 12.1 Å². The molecule has 0 fully saturated rings. The Balaban J connectivity index is 1.58. The monoisotopic (exact) mass is 414 g/mol. The lowest BCUT2D eigenvalue weighted by Gasteiger charge is -2.21. The van der Waals surface area contributed by atoms with Gasteiger partial charge in [-0.05, 0) is 60.5 Å². The van der Waals surface area contributed by atoms with Crippen molar-refractivity contribution in [1.29, 1.82) is 5.26 Å². The van der Waals surface area contributed by atoms with Gasteiger partial charge in [0.1, 0.15) is 11.4 Å². The Morgan fingerprint density at radius 1 is 1.03 bits per heavy atom. The summed E-state index contributed by atoms with van der Waals surface area (Å²) in [7, 11) is 0.